The number of benzene rings is 4. The molecule has 5 aromatic heterocycles. The Morgan fingerprint density at radius 1 is 0.525 bits per heavy atom. The number of fused-ring (bicyclic) bond motifs is 12. The van der Waals surface area contributed by atoms with Gasteiger partial charge in [-0.15, -0.1) is 0 Å². The van der Waals surface area contributed by atoms with Crippen LogP contribution in [0.1, 0.15) is 0 Å². The van der Waals surface area contributed by atoms with Gasteiger partial charge in [-0.3, -0.25) is 9.55 Å². The number of hydrogen-bond acceptors (Lipinski definition) is 2. The molecule has 0 aliphatic rings. The second-order valence-corrected chi connectivity index (χ2v) is 10.3. The molecular formula is C36H22N4. The summed E-state index contributed by atoms with van der Waals surface area (Å²) in [4.78, 5) is 9.43. The van der Waals surface area contributed by atoms with Crippen LogP contribution in [0.2, 0.25) is 0 Å². The molecule has 0 spiro atoms. The summed E-state index contributed by atoms with van der Waals surface area (Å²) in [6.07, 6.45) is 3.66. The molecular weight excluding hydrogens is 488 g/mol. The molecule has 0 saturated carbocycles. The lowest BCUT2D eigenvalue weighted by molar-refractivity contribution is 1.08. The zero-order chi connectivity index (χ0) is 26.2. The number of para-hydroxylation sites is 2. The third kappa shape index (κ3) is 2.85. The fraction of sp³-hybridized carbons (Fsp3) is 0. The first-order valence-electron chi connectivity index (χ1n) is 13.5. The van der Waals surface area contributed by atoms with E-state index in [-0.39, 0.29) is 0 Å². The van der Waals surface area contributed by atoms with Crippen LogP contribution in [-0.4, -0.2) is 18.9 Å². The highest BCUT2D eigenvalue weighted by molar-refractivity contribution is 6.24. The first kappa shape index (κ1) is 21.5. The number of nitrogens with zero attached hydrogens (tertiary/aromatic N) is 4. The number of pyridine rings is 3. The second kappa shape index (κ2) is 8.01. The summed E-state index contributed by atoms with van der Waals surface area (Å²) in [6, 6.07) is 43.2. The standard InChI is InChI=1S/C36H22N4/c1-2-12-27-25(10-1)26-11-3-5-15-30(26)40-33(27)21-23-18-19-32-35(36(23)40)28-13-4-6-16-31(28)39(32)34-17-7-14-29(38-34)24-9-8-20-37-22-24/h1-22H. The molecule has 9 rings (SSSR count). The zero-order valence-electron chi connectivity index (χ0n) is 21.5. The maximum Gasteiger partial charge on any atom is 0.138 e. The van der Waals surface area contributed by atoms with Crippen LogP contribution >= 0.6 is 0 Å². The van der Waals surface area contributed by atoms with Crippen LogP contribution in [0.25, 0.3) is 77.0 Å². The van der Waals surface area contributed by atoms with E-state index in [2.05, 4.69) is 123 Å². The number of hydrogen-bond donors (Lipinski definition) is 0. The molecule has 4 nitrogen and oxygen atoms in total. The summed E-state index contributed by atoms with van der Waals surface area (Å²) in [7, 11) is 0. The van der Waals surface area contributed by atoms with Gasteiger partial charge in [0.1, 0.15) is 5.82 Å². The molecule has 0 unspecified atom stereocenters. The molecule has 0 aliphatic carbocycles. The van der Waals surface area contributed by atoms with Gasteiger partial charge in [0.05, 0.1) is 33.3 Å². The molecule has 9 aromatic rings. The average Bonchev–Trinajstić information content (AvgIpc) is 3.58. The average molecular weight is 511 g/mol. The Labute approximate surface area is 229 Å². The van der Waals surface area contributed by atoms with Crippen molar-refractivity contribution in [1.82, 2.24) is 18.9 Å². The SMILES string of the molecule is c1cncc(-c2cccc(-n3c4ccccc4c4c3ccc3cc5c6ccccc6c6ccccc6n5c34)n2)c1. The van der Waals surface area contributed by atoms with Gasteiger partial charge in [0.2, 0.25) is 0 Å². The lowest BCUT2D eigenvalue weighted by Gasteiger charge is -2.11. The maximum absolute atomic E-state index is 5.12. The number of aromatic nitrogens is 4. The first-order chi connectivity index (χ1) is 19.9. The fourth-order valence-electron chi connectivity index (χ4n) is 6.50. The summed E-state index contributed by atoms with van der Waals surface area (Å²) >= 11 is 0. The van der Waals surface area contributed by atoms with Crippen molar-refractivity contribution in [2.24, 2.45) is 0 Å². The Hall–Kier alpha value is -5.48. The molecule has 0 fully saturated rings. The molecule has 4 heteroatoms. The molecule has 0 saturated heterocycles. The van der Waals surface area contributed by atoms with Crippen molar-refractivity contribution in [3.05, 3.63) is 134 Å². The topological polar surface area (TPSA) is 35.1 Å². The maximum atomic E-state index is 5.12. The van der Waals surface area contributed by atoms with E-state index in [9.17, 15) is 0 Å². The molecule has 4 aromatic carbocycles. The molecule has 0 radical (unpaired) electrons. The van der Waals surface area contributed by atoms with Crippen LogP contribution in [-0.2, 0) is 0 Å². The Morgan fingerprint density at radius 3 is 2.10 bits per heavy atom. The van der Waals surface area contributed by atoms with Gasteiger partial charge >= 0.3 is 0 Å². The Kier molecular flexibility index (Phi) is 4.30. The van der Waals surface area contributed by atoms with Gasteiger partial charge in [-0.05, 0) is 53.9 Å². The van der Waals surface area contributed by atoms with Crippen molar-refractivity contribution < 1.29 is 0 Å². The van der Waals surface area contributed by atoms with Gasteiger partial charge in [0.15, 0.2) is 0 Å². The normalized spacial score (nSPS) is 12.0. The van der Waals surface area contributed by atoms with Gasteiger partial charge in [0, 0.05) is 44.9 Å². The van der Waals surface area contributed by atoms with Crippen molar-refractivity contribution in [3.63, 3.8) is 0 Å². The molecule has 40 heavy (non-hydrogen) atoms. The van der Waals surface area contributed by atoms with Gasteiger partial charge < -0.3 is 4.40 Å². The number of rotatable bonds is 2. The highest BCUT2D eigenvalue weighted by atomic mass is 15.1. The van der Waals surface area contributed by atoms with E-state index in [0.717, 1.165) is 28.1 Å². The highest BCUT2D eigenvalue weighted by Crippen LogP contribution is 2.41. The van der Waals surface area contributed by atoms with Crippen LogP contribution in [0, 0.1) is 0 Å². The van der Waals surface area contributed by atoms with Crippen molar-refractivity contribution in [3.8, 4) is 17.1 Å². The summed E-state index contributed by atoms with van der Waals surface area (Å²) in [5, 5.41) is 7.49. The van der Waals surface area contributed by atoms with E-state index in [1.54, 1.807) is 6.20 Å². The van der Waals surface area contributed by atoms with Crippen molar-refractivity contribution in [2.75, 3.05) is 0 Å². The quantitative estimate of drug-likeness (QED) is 0.218. The minimum Gasteiger partial charge on any atom is -0.308 e. The first-order valence-corrected chi connectivity index (χ1v) is 13.5. The van der Waals surface area contributed by atoms with E-state index < -0.39 is 0 Å². The molecule has 0 amide bonds. The van der Waals surface area contributed by atoms with E-state index in [1.165, 1.54) is 48.9 Å². The monoisotopic (exact) mass is 510 g/mol. The lowest BCUT2D eigenvalue weighted by Crippen LogP contribution is -1.98. The Balaban J connectivity index is 1.47. The van der Waals surface area contributed by atoms with Gasteiger partial charge in [0.25, 0.3) is 0 Å². The minimum absolute atomic E-state index is 0.892. The highest BCUT2D eigenvalue weighted by Gasteiger charge is 2.20. The van der Waals surface area contributed by atoms with Crippen LogP contribution in [0.15, 0.2) is 134 Å². The smallest absolute Gasteiger partial charge is 0.138 e. The van der Waals surface area contributed by atoms with Crippen LogP contribution in [0.3, 0.4) is 0 Å². The third-order valence-corrected chi connectivity index (χ3v) is 8.16. The van der Waals surface area contributed by atoms with Crippen molar-refractivity contribution in [2.45, 2.75) is 0 Å². The molecule has 186 valence electrons. The third-order valence-electron chi connectivity index (χ3n) is 8.16. The summed E-state index contributed by atoms with van der Waals surface area (Å²) < 4.78 is 4.76. The molecule has 0 N–H and O–H groups in total. The van der Waals surface area contributed by atoms with Gasteiger partial charge in [-0.25, -0.2) is 4.98 Å². The molecule has 0 atom stereocenters. The Bertz CT molecular complexity index is 2430. The van der Waals surface area contributed by atoms with Crippen LogP contribution in [0.4, 0.5) is 0 Å². The van der Waals surface area contributed by atoms with Gasteiger partial charge in [-0.1, -0.05) is 72.8 Å². The van der Waals surface area contributed by atoms with Crippen molar-refractivity contribution in [1.29, 1.82) is 0 Å². The Morgan fingerprint density at radius 2 is 1.27 bits per heavy atom. The van der Waals surface area contributed by atoms with E-state index >= 15 is 0 Å². The predicted octanol–water partition coefficient (Wildman–Crippen LogP) is 8.95. The van der Waals surface area contributed by atoms with Crippen molar-refractivity contribution >= 4 is 59.9 Å². The molecule has 5 heterocycles. The summed E-state index contributed by atoms with van der Waals surface area (Å²) in [6.45, 7) is 0. The fourth-order valence-corrected chi connectivity index (χ4v) is 6.50. The van der Waals surface area contributed by atoms with Crippen LogP contribution < -0.4 is 0 Å². The lowest BCUT2D eigenvalue weighted by atomic mass is 10.1. The van der Waals surface area contributed by atoms with Crippen LogP contribution in [0.5, 0.6) is 0 Å². The largest absolute Gasteiger partial charge is 0.308 e. The van der Waals surface area contributed by atoms with E-state index in [4.69, 9.17) is 4.98 Å². The summed E-state index contributed by atoms with van der Waals surface area (Å²) in [5.41, 5.74) is 7.86. The second-order valence-electron chi connectivity index (χ2n) is 10.3. The zero-order valence-corrected chi connectivity index (χ0v) is 21.5. The van der Waals surface area contributed by atoms with Gasteiger partial charge in [-0.2, -0.15) is 0 Å². The minimum atomic E-state index is 0.892. The van der Waals surface area contributed by atoms with E-state index in [1.807, 2.05) is 18.3 Å². The summed E-state index contributed by atoms with van der Waals surface area (Å²) in [5.74, 6) is 0.892. The molecule has 0 bridgehead atoms. The predicted molar refractivity (Wildman–Crippen MR) is 165 cm³/mol. The van der Waals surface area contributed by atoms with E-state index in [0.29, 0.717) is 0 Å². The molecule has 0 aliphatic heterocycles.